The topological polar surface area (TPSA) is 39.1 Å². The van der Waals surface area contributed by atoms with E-state index in [9.17, 15) is 0 Å². The Balaban J connectivity index is 2.70. The molecule has 1 aliphatic heterocycles. The summed E-state index contributed by atoms with van der Waals surface area (Å²) in [5.74, 6) is 0. The third-order valence-corrected chi connectivity index (χ3v) is 2.64. The van der Waals surface area contributed by atoms with E-state index in [2.05, 4.69) is 44.0 Å². The zero-order valence-electron chi connectivity index (χ0n) is 9.72. The van der Waals surface area contributed by atoms with E-state index in [-0.39, 0.29) is 11.1 Å². The maximum absolute atomic E-state index is 8.70. The Morgan fingerprint density at radius 2 is 1.93 bits per heavy atom. The van der Waals surface area contributed by atoms with E-state index >= 15 is 0 Å². The Bertz CT molecular complexity index is 237. The molecule has 3 heteroatoms. The molecule has 0 bridgehead atoms. The molecule has 0 unspecified atom stereocenters. The van der Waals surface area contributed by atoms with E-state index in [0.29, 0.717) is 6.54 Å². The molecule has 1 fully saturated rings. The second kappa shape index (κ2) is 3.88. The lowest BCUT2D eigenvalue weighted by molar-refractivity contribution is 0.241. The fraction of sp³-hybridized carbons (Fsp3) is 0.909. The molecule has 0 aromatic carbocycles. The van der Waals surface area contributed by atoms with Crippen LogP contribution in [0.3, 0.4) is 0 Å². The summed E-state index contributed by atoms with van der Waals surface area (Å²) in [7, 11) is 0. The third-order valence-electron chi connectivity index (χ3n) is 2.64. The van der Waals surface area contributed by atoms with Gasteiger partial charge in [0.2, 0.25) is 0 Å². The van der Waals surface area contributed by atoms with Gasteiger partial charge >= 0.3 is 0 Å². The van der Waals surface area contributed by atoms with Crippen molar-refractivity contribution in [2.45, 2.75) is 45.2 Å². The molecule has 1 aliphatic rings. The van der Waals surface area contributed by atoms with Crippen LogP contribution in [-0.2, 0) is 0 Å². The van der Waals surface area contributed by atoms with Gasteiger partial charge in [-0.25, -0.2) is 0 Å². The van der Waals surface area contributed by atoms with Crippen LogP contribution in [0.4, 0.5) is 0 Å². The molecule has 0 aromatic rings. The van der Waals surface area contributed by atoms with Gasteiger partial charge in [0.15, 0.2) is 0 Å². The van der Waals surface area contributed by atoms with Crippen molar-refractivity contribution in [2.75, 3.05) is 19.6 Å². The summed E-state index contributed by atoms with van der Waals surface area (Å²) in [6.45, 7) is 11.4. The first-order chi connectivity index (χ1) is 6.35. The molecule has 0 amide bonds. The lowest BCUT2D eigenvalue weighted by atomic mass is 9.96. The Hall–Kier alpha value is -0.590. The van der Waals surface area contributed by atoms with Crippen molar-refractivity contribution >= 4 is 0 Å². The van der Waals surface area contributed by atoms with Gasteiger partial charge in [-0.05, 0) is 34.1 Å². The lowest BCUT2D eigenvalue weighted by Gasteiger charge is -2.34. The number of hydrogen-bond acceptors (Lipinski definition) is 3. The molecule has 1 heterocycles. The first-order valence-corrected chi connectivity index (χ1v) is 5.23. The summed E-state index contributed by atoms with van der Waals surface area (Å²) in [5, 5.41) is 12.3. The average molecular weight is 195 g/mol. The quantitative estimate of drug-likeness (QED) is 0.642. The van der Waals surface area contributed by atoms with Crippen molar-refractivity contribution in [1.29, 1.82) is 5.26 Å². The van der Waals surface area contributed by atoms with Gasteiger partial charge in [-0.15, -0.1) is 0 Å². The molecule has 0 saturated carbocycles. The smallest absolute Gasteiger partial charge is 0.0866 e. The van der Waals surface area contributed by atoms with Crippen LogP contribution in [0, 0.1) is 11.3 Å². The number of hydrogen-bond donors (Lipinski definition) is 1. The average Bonchev–Trinajstić information content (AvgIpc) is 2.06. The Morgan fingerprint density at radius 3 is 2.50 bits per heavy atom. The van der Waals surface area contributed by atoms with Crippen molar-refractivity contribution in [3.8, 4) is 6.07 Å². The summed E-state index contributed by atoms with van der Waals surface area (Å²) in [6, 6.07) is 2.23. The van der Waals surface area contributed by atoms with E-state index < -0.39 is 0 Å². The predicted molar refractivity (Wildman–Crippen MR) is 58.0 cm³/mol. The standard InChI is InChI=1S/C11H21N3/c1-10(2)5-7-14(8-6-12)9-11(3,4)13-10/h13H,5,7-9H2,1-4H3. The second-order valence-corrected chi connectivity index (χ2v) is 5.51. The highest BCUT2D eigenvalue weighted by molar-refractivity contribution is 4.95. The van der Waals surface area contributed by atoms with E-state index in [1.54, 1.807) is 0 Å². The van der Waals surface area contributed by atoms with E-state index in [1.165, 1.54) is 0 Å². The van der Waals surface area contributed by atoms with Crippen LogP contribution in [0.5, 0.6) is 0 Å². The number of nitriles is 1. The van der Waals surface area contributed by atoms with Crippen molar-refractivity contribution in [1.82, 2.24) is 10.2 Å². The zero-order chi connectivity index (χ0) is 10.8. The third kappa shape index (κ3) is 3.28. The molecule has 1 saturated heterocycles. The number of rotatable bonds is 1. The van der Waals surface area contributed by atoms with Gasteiger partial charge in [-0.2, -0.15) is 5.26 Å². The largest absolute Gasteiger partial charge is 0.306 e. The normalized spacial score (nSPS) is 26.5. The van der Waals surface area contributed by atoms with Crippen LogP contribution in [0.15, 0.2) is 0 Å². The Morgan fingerprint density at radius 1 is 1.29 bits per heavy atom. The molecule has 0 aliphatic carbocycles. The molecular weight excluding hydrogens is 174 g/mol. The summed E-state index contributed by atoms with van der Waals surface area (Å²) in [6.07, 6.45) is 1.10. The molecular formula is C11H21N3. The maximum atomic E-state index is 8.70. The van der Waals surface area contributed by atoms with Crippen molar-refractivity contribution in [2.24, 2.45) is 0 Å². The number of nitrogens with zero attached hydrogens (tertiary/aromatic N) is 2. The van der Waals surface area contributed by atoms with Gasteiger partial charge in [0.1, 0.15) is 0 Å². The lowest BCUT2D eigenvalue weighted by Crippen LogP contribution is -2.53. The van der Waals surface area contributed by atoms with Gasteiger partial charge < -0.3 is 5.32 Å². The molecule has 1 N–H and O–H groups in total. The minimum atomic E-state index is 0.0941. The summed E-state index contributed by atoms with van der Waals surface area (Å²) in [5.41, 5.74) is 0.268. The van der Waals surface area contributed by atoms with Crippen molar-refractivity contribution in [3.05, 3.63) is 0 Å². The van der Waals surface area contributed by atoms with Gasteiger partial charge in [0, 0.05) is 24.2 Å². The highest BCUT2D eigenvalue weighted by Gasteiger charge is 2.32. The van der Waals surface area contributed by atoms with Gasteiger partial charge in [0.05, 0.1) is 12.6 Å². The molecule has 0 radical (unpaired) electrons. The molecule has 14 heavy (non-hydrogen) atoms. The monoisotopic (exact) mass is 195 g/mol. The fourth-order valence-corrected chi connectivity index (χ4v) is 2.33. The Kier molecular flexibility index (Phi) is 3.18. The molecule has 0 spiro atoms. The van der Waals surface area contributed by atoms with E-state index in [1.807, 2.05) is 0 Å². The van der Waals surface area contributed by atoms with Crippen LogP contribution < -0.4 is 5.32 Å². The molecule has 3 nitrogen and oxygen atoms in total. The summed E-state index contributed by atoms with van der Waals surface area (Å²) in [4.78, 5) is 2.22. The predicted octanol–water partition coefficient (Wildman–Crippen LogP) is 1.36. The van der Waals surface area contributed by atoms with Crippen LogP contribution in [-0.4, -0.2) is 35.6 Å². The highest BCUT2D eigenvalue weighted by Crippen LogP contribution is 2.20. The first kappa shape index (κ1) is 11.5. The van der Waals surface area contributed by atoms with E-state index in [0.717, 1.165) is 19.5 Å². The maximum Gasteiger partial charge on any atom is 0.0866 e. The summed E-state index contributed by atoms with van der Waals surface area (Å²) < 4.78 is 0. The van der Waals surface area contributed by atoms with Crippen LogP contribution in [0.25, 0.3) is 0 Å². The first-order valence-electron chi connectivity index (χ1n) is 5.23. The van der Waals surface area contributed by atoms with Gasteiger partial charge in [-0.1, -0.05) is 0 Å². The van der Waals surface area contributed by atoms with Crippen molar-refractivity contribution in [3.63, 3.8) is 0 Å². The summed E-state index contributed by atoms with van der Waals surface area (Å²) >= 11 is 0. The number of nitrogens with one attached hydrogen (secondary N) is 1. The molecule has 80 valence electrons. The van der Waals surface area contributed by atoms with Crippen LogP contribution in [0.1, 0.15) is 34.1 Å². The molecule has 0 atom stereocenters. The molecule has 0 aromatic heterocycles. The molecule has 1 rings (SSSR count). The SMILES string of the molecule is CC1(C)CCN(CC#N)CC(C)(C)N1. The van der Waals surface area contributed by atoms with Crippen LogP contribution >= 0.6 is 0 Å². The van der Waals surface area contributed by atoms with Gasteiger partial charge in [-0.3, -0.25) is 4.90 Å². The van der Waals surface area contributed by atoms with Crippen LogP contribution in [0.2, 0.25) is 0 Å². The van der Waals surface area contributed by atoms with E-state index in [4.69, 9.17) is 5.26 Å². The Labute approximate surface area is 87.1 Å². The highest BCUT2D eigenvalue weighted by atomic mass is 15.2. The van der Waals surface area contributed by atoms with Crippen molar-refractivity contribution < 1.29 is 0 Å². The minimum Gasteiger partial charge on any atom is -0.306 e. The minimum absolute atomic E-state index is 0.0941. The second-order valence-electron chi connectivity index (χ2n) is 5.51. The fourth-order valence-electron chi connectivity index (χ4n) is 2.33. The van der Waals surface area contributed by atoms with Gasteiger partial charge in [0.25, 0.3) is 0 Å². The zero-order valence-corrected chi connectivity index (χ0v) is 9.72.